The van der Waals surface area contributed by atoms with Gasteiger partial charge < -0.3 is 19.7 Å². The van der Waals surface area contributed by atoms with Gasteiger partial charge in [-0.1, -0.05) is 80.7 Å². The maximum absolute atomic E-state index is 13.6. The first kappa shape index (κ1) is 49.9. The maximum Gasteiger partial charge on any atom is 1.00 e. The van der Waals surface area contributed by atoms with Gasteiger partial charge >= 0.3 is 51.4 Å². The van der Waals surface area contributed by atoms with Gasteiger partial charge in [-0.3, -0.25) is 14.1 Å². The van der Waals surface area contributed by atoms with Crippen LogP contribution in [-0.2, 0) is 47.2 Å². The van der Waals surface area contributed by atoms with Crippen LogP contribution in [0.15, 0.2) is 131 Å². The van der Waals surface area contributed by atoms with Gasteiger partial charge in [-0.25, -0.2) is 8.42 Å². The molecule has 0 spiro atoms. The van der Waals surface area contributed by atoms with Gasteiger partial charge in [0.1, 0.15) is 17.2 Å². The number of amides is 2. The van der Waals surface area contributed by atoms with Crippen LogP contribution in [0.3, 0.4) is 0 Å². The van der Waals surface area contributed by atoms with Gasteiger partial charge in [0.25, 0.3) is 10.1 Å². The van der Waals surface area contributed by atoms with Crippen LogP contribution in [0.1, 0.15) is 87.6 Å². The van der Waals surface area contributed by atoms with Crippen LogP contribution in [0.25, 0.3) is 0 Å². The number of para-hydroxylation sites is 1. The fourth-order valence-corrected chi connectivity index (χ4v) is 9.86. The van der Waals surface area contributed by atoms with Crippen molar-refractivity contribution in [1.29, 1.82) is 0 Å². The predicted molar refractivity (Wildman–Crippen MR) is 247 cm³/mol. The molecule has 3 heterocycles. The maximum atomic E-state index is 13.6. The van der Waals surface area contributed by atoms with Crippen LogP contribution in [-0.4, -0.2) is 68.2 Å². The number of benzene rings is 4. The van der Waals surface area contributed by atoms with E-state index in [1.54, 1.807) is 17.0 Å². The number of nitrogens with one attached hydrogen (secondary N) is 1. The Balaban J connectivity index is 0.00000700. The van der Waals surface area contributed by atoms with E-state index < -0.39 is 31.1 Å². The first-order valence-corrected chi connectivity index (χ1v) is 24.1. The Morgan fingerprint density at radius 1 is 0.800 bits per heavy atom. The third-order valence-corrected chi connectivity index (χ3v) is 14.0. The van der Waals surface area contributed by atoms with E-state index in [0.29, 0.717) is 25.9 Å². The molecule has 7 rings (SSSR count). The van der Waals surface area contributed by atoms with Crippen molar-refractivity contribution < 1.29 is 91.5 Å². The van der Waals surface area contributed by atoms with Crippen molar-refractivity contribution in [2.75, 3.05) is 29.9 Å². The third-order valence-electron chi connectivity index (χ3n) is 12.3. The van der Waals surface area contributed by atoms with E-state index in [9.17, 15) is 35.5 Å². The fraction of sp³-hybridized carbons (Fsp3) is 0.300. The van der Waals surface area contributed by atoms with Gasteiger partial charge in [-0.2, -0.15) is 13.0 Å². The van der Waals surface area contributed by atoms with E-state index in [-0.39, 0.29) is 86.0 Å². The molecule has 0 aliphatic carbocycles. The first-order valence-electron chi connectivity index (χ1n) is 21.2. The number of nitrogens with zero attached hydrogens (tertiary/aromatic N) is 3. The van der Waals surface area contributed by atoms with Crippen LogP contribution in [0.4, 0.5) is 17.1 Å². The van der Waals surface area contributed by atoms with Crippen molar-refractivity contribution in [3.63, 3.8) is 0 Å². The van der Waals surface area contributed by atoms with Gasteiger partial charge in [-0.15, -0.1) is 0 Å². The summed E-state index contributed by atoms with van der Waals surface area (Å²) in [6.45, 7) is 9.13. The Morgan fingerprint density at radius 2 is 1.48 bits per heavy atom. The average molecular weight is 940 g/mol. The molecule has 12 nitrogen and oxygen atoms in total. The second kappa shape index (κ2) is 20.2. The summed E-state index contributed by atoms with van der Waals surface area (Å²) in [7, 11) is -7.14. The fourth-order valence-electron chi connectivity index (χ4n) is 8.86. The van der Waals surface area contributed by atoms with Crippen LogP contribution >= 0.6 is 0 Å². The molecule has 332 valence electrons. The van der Waals surface area contributed by atoms with Crippen LogP contribution < -0.4 is 66.5 Å². The molecular formula is C50H52KN4O8S2+. The Labute approximate surface area is 425 Å². The van der Waals surface area contributed by atoms with Crippen molar-refractivity contribution in [2.24, 2.45) is 0 Å². The zero-order valence-electron chi connectivity index (χ0n) is 37.6. The van der Waals surface area contributed by atoms with Crippen LogP contribution in [0.2, 0.25) is 0 Å². The van der Waals surface area contributed by atoms with Crippen molar-refractivity contribution in [3.05, 3.63) is 149 Å². The first-order chi connectivity index (χ1) is 30.3. The molecule has 2 amide bonds. The van der Waals surface area contributed by atoms with Gasteiger partial charge in [-0.05, 0) is 92.4 Å². The summed E-state index contributed by atoms with van der Waals surface area (Å²) < 4.78 is 71.5. The molecule has 3 aliphatic rings. The molecule has 4 aromatic carbocycles. The topological polar surface area (TPSA) is 167 Å². The average Bonchev–Trinajstić information content (AvgIpc) is 3.57. The quantitative estimate of drug-likeness (QED) is 0.0457. The second-order valence-corrected chi connectivity index (χ2v) is 20.0. The molecule has 0 fully saturated rings. The molecular weight excluding hydrogens is 888 g/mol. The summed E-state index contributed by atoms with van der Waals surface area (Å²) in [5.74, 6) is 6.19. The van der Waals surface area contributed by atoms with Gasteiger partial charge in [0.15, 0.2) is 5.71 Å². The number of unbranched alkanes of at least 4 members (excludes halogenated alkanes) is 2. The number of anilines is 2. The van der Waals surface area contributed by atoms with Gasteiger partial charge in [0.2, 0.25) is 17.5 Å². The van der Waals surface area contributed by atoms with Crippen molar-refractivity contribution in [1.82, 2.24) is 5.32 Å². The minimum absolute atomic E-state index is 0. The van der Waals surface area contributed by atoms with E-state index in [4.69, 9.17) is 0 Å². The van der Waals surface area contributed by atoms with Crippen molar-refractivity contribution in [3.8, 4) is 11.8 Å². The molecule has 0 bridgehead atoms. The number of hydrogen-bond acceptors (Lipinski definition) is 8. The number of allylic oxidation sites excluding steroid dienone is 6. The summed E-state index contributed by atoms with van der Waals surface area (Å²) in [5.41, 5.74) is 7.12. The van der Waals surface area contributed by atoms with Gasteiger partial charge in [0, 0.05) is 71.6 Å². The summed E-state index contributed by atoms with van der Waals surface area (Å²) >= 11 is 0. The molecule has 2 N–H and O–H groups in total. The number of rotatable bonds is 14. The standard InChI is InChI=1S/C50H52N4O8S2.K/c1-49(2)40-32-38(63(57,58)59)25-27-43(40)52(5)45(49)20-8-6-9-21-46-50(3,4)41-33-39(64(60,61)62)26-28-44(41)53(46)31-15-7-10-22-47(55)51-30-29-48(56)54-34-37-18-12-11-16-35(37)23-24-36-17-13-14-19-42(36)54;/h6,8-9,11-14,16-21,25-28,32-33H,7,10,15,22,29-31,34H2,1-5H3,(H2-,51,55,57,58,59,60,61,62);/q;+1. The molecule has 0 saturated heterocycles. The minimum atomic E-state index is -4.68. The van der Waals surface area contributed by atoms with Crippen molar-refractivity contribution in [2.45, 2.75) is 87.0 Å². The largest absolute Gasteiger partial charge is 1.00 e. The molecule has 65 heavy (non-hydrogen) atoms. The molecule has 0 radical (unpaired) electrons. The van der Waals surface area contributed by atoms with Crippen LogP contribution in [0.5, 0.6) is 0 Å². The molecule has 15 heteroatoms. The zero-order valence-corrected chi connectivity index (χ0v) is 42.3. The summed E-state index contributed by atoms with van der Waals surface area (Å²) in [5, 5.41) is 2.92. The monoisotopic (exact) mass is 939 g/mol. The van der Waals surface area contributed by atoms with E-state index in [0.717, 1.165) is 69.1 Å². The summed E-state index contributed by atoms with van der Waals surface area (Å²) in [6, 6.07) is 24.4. The zero-order chi connectivity index (χ0) is 46.0. The van der Waals surface area contributed by atoms with Crippen LogP contribution in [0, 0.1) is 11.8 Å². The molecule has 0 unspecified atom stereocenters. The number of carbonyl (C=O) groups is 2. The predicted octanol–water partition coefficient (Wildman–Crippen LogP) is 4.65. The molecule has 3 aliphatic heterocycles. The number of carbonyl (C=O) groups excluding carboxylic acids is 2. The normalized spacial score (nSPS) is 16.6. The molecule has 0 aromatic heterocycles. The summed E-state index contributed by atoms with van der Waals surface area (Å²) in [4.78, 5) is 29.9. The number of hydrogen-bond donors (Lipinski definition) is 2. The molecule has 0 saturated carbocycles. The van der Waals surface area contributed by atoms with E-state index in [1.807, 2.05) is 118 Å². The van der Waals surface area contributed by atoms with Crippen molar-refractivity contribution >= 4 is 54.8 Å². The summed E-state index contributed by atoms with van der Waals surface area (Å²) in [6.07, 6.45) is 12.1. The third kappa shape index (κ3) is 10.9. The Morgan fingerprint density at radius 3 is 2.22 bits per heavy atom. The molecule has 0 atom stereocenters. The minimum Gasteiger partial charge on any atom is -0.744 e. The number of fused-ring (bicyclic) bond motifs is 4. The van der Waals surface area contributed by atoms with E-state index in [1.165, 1.54) is 24.3 Å². The Bertz CT molecular complexity index is 2960. The van der Waals surface area contributed by atoms with Gasteiger partial charge in [0.05, 0.1) is 27.4 Å². The SMILES string of the molecule is C[N+]1=C(C=CC=CC=C2N(CCCCCC(=O)NCCC(=O)N3Cc4ccccc4C#Cc4ccccc43)c3ccc(S(=O)(=O)[O-])cc3C2(C)C)C(C)(C)c2cc(S(=O)(=O)O)ccc21.[K+]. The Hall–Kier alpha value is -4.47. The second-order valence-electron chi connectivity index (χ2n) is 17.2. The molecule has 4 aromatic rings. The van der Waals surface area contributed by atoms with E-state index in [2.05, 4.69) is 22.1 Å². The smallest absolute Gasteiger partial charge is 0.744 e. The Kier molecular flexibility index (Phi) is 15.5. The van der Waals surface area contributed by atoms with E-state index >= 15 is 0 Å².